The van der Waals surface area contributed by atoms with Crippen LogP contribution in [0.15, 0.2) is 42.6 Å². The minimum Gasteiger partial charge on any atom is -0.354 e. The molecule has 5 nitrogen and oxygen atoms in total. The second kappa shape index (κ2) is 7.38. The number of rotatable bonds is 3. The van der Waals surface area contributed by atoms with Crippen molar-refractivity contribution in [3.05, 3.63) is 53.7 Å². The van der Waals surface area contributed by atoms with Crippen molar-refractivity contribution in [3.63, 3.8) is 0 Å². The first kappa shape index (κ1) is 18.4. The molecule has 3 atom stereocenters. The molecular formula is C25H30N4O. The van der Waals surface area contributed by atoms with Gasteiger partial charge in [-0.1, -0.05) is 24.6 Å². The van der Waals surface area contributed by atoms with E-state index in [0.29, 0.717) is 5.56 Å². The fraction of sp³-hybridized carbons (Fsp3) is 0.520. The van der Waals surface area contributed by atoms with Gasteiger partial charge in [-0.05, 0) is 61.3 Å². The second-order valence-corrected chi connectivity index (χ2v) is 9.51. The SMILES string of the molecule is O=C(c1ccc(N2CCN(C3CC4CCC3C4)CC2)nc1)N1CCc2ccccc21. The van der Waals surface area contributed by atoms with Crippen molar-refractivity contribution in [1.29, 1.82) is 0 Å². The summed E-state index contributed by atoms with van der Waals surface area (Å²) >= 11 is 0. The zero-order valence-corrected chi connectivity index (χ0v) is 17.5. The summed E-state index contributed by atoms with van der Waals surface area (Å²) in [7, 11) is 0. The van der Waals surface area contributed by atoms with Gasteiger partial charge in [0.05, 0.1) is 5.56 Å². The maximum Gasteiger partial charge on any atom is 0.259 e. The zero-order chi connectivity index (χ0) is 20.1. The molecule has 3 heterocycles. The molecule has 1 aromatic carbocycles. The number of anilines is 2. The summed E-state index contributed by atoms with van der Waals surface area (Å²) in [6, 6.07) is 13.0. The molecular weight excluding hydrogens is 372 g/mol. The first-order chi connectivity index (χ1) is 14.8. The Kier molecular flexibility index (Phi) is 4.52. The van der Waals surface area contributed by atoms with Crippen LogP contribution in [-0.4, -0.2) is 54.6 Å². The first-order valence-corrected chi connectivity index (χ1v) is 11.6. The van der Waals surface area contributed by atoms with Crippen molar-refractivity contribution in [1.82, 2.24) is 9.88 Å². The molecule has 30 heavy (non-hydrogen) atoms. The Morgan fingerprint density at radius 2 is 1.80 bits per heavy atom. The number of pyridine rings is 1. The summed E-state index contributed by atoms with van der Waals surface area (Å²) in [5.74, 6) is 3.02. The molecule has 2 aromatic rings. The molecule has 2 bridgehead atoms. The third-order valence-electron chi connectivity index (χ3n) is 7.94. The number of aromatic nitrogens is 1. The van der Waals surface area contributed by atoms with Gasteiger partial charge in [0.15, 0.2) is 0 Å². The molecule has 0 radical (unpaired) electrons. The highest BCUT2D eigenvalue weighted by Gasteiger charge is 2.42. The standard InChI is InChI=1S/C25H30N4O/c30-25(29-10-9-19-3-1-2-4-22(19)29)21-7-8-24(26-17-21)28-13-11-27(12-14-28)23-16-18-5-6-20(23)15-18/h1-4,7-8,17-18,20,23H,5-6,9-16H2. The summed E-state index contributed by atoms with van der Waals surface area (Å²) in [5, 5.41) is 0. The van der Waals surface area contributed by atoms with E-state index in [-0.39, 0.29) is 5.91 Å². The highest BCUT2D eigenvalue weighted by molar-refractivity contribution is 6.07. The third-order valence-corrected chi connectivity index (χ3v) is 7.94. The van der Waals surface area contributed by atoms with Crippen LogP contribution in [0.25, 0.3) is 0 Å². The maximum absolute atomic E-state index is 13.0. The van der Waals surface area contributed by atoms with E-state index in [1.807, 2.05) is 35.2 Å². The van der Waals surface area contributed by atoms with Crippen molar-refractivity contribution in [2.45, 2.75) is 38.1 Å². The van der Waals surface area contributed by atoms with E-state index in [1.165, 1.54) is 31.2 Å². The number of nitrogens with zero attached hydrogens (tertiary/aromatic N) is 4. The Hall–Kier alpha value is -2.40. The number of fused-ring (bicyclic) bond motifs is 3. The molecule has 0 spiro atoms. The summed E-state index contributed by atoms with van der Waals surface area (Å²) in [5.41, 5.74) is 2.98. The molecule has 3 fully saturated rings. The van der Waals surface area contributed by atoms with Crippen LogP contribution >= 0.6 is 0 Å². The molecule has 2 aliphatic carbocycles. The van der Waals surface area contributed by atoms with E-state index in [2.05, 4.69) is 20.9 Å². The lowest BCUT2D eigenvalue weighted by Gasteiger charge is -2.41. The fourth-order valence-corrected chi connectivity index (χ4v) is 6.35. The molecule has 1 saturated heterocycles. The van der Waals surface area contributed by atoms with Gasteiger partial charge in [0.2, 0.25) is 0 Å². The van der Waals surface area contributed by atoms with Gasteiger partial charge in [-0.2, -0.15) is 0 Å². The highest BCUT2D eigenvalue weighted by Crippen LogP contribution is 2.46. The molecule has 4 aliphatic rings. The van der Waals surface area contributed by atoms with Crippen molar-refractivity contribution in [2.75, 3.05) is 42.5 Å². The lowest BCUT2D eigenvalue weighted by molar-refractivity contribution is 0.0989. The number of hydrogen-bond acceptors (Lipinski definition) is 4. The Bertz CT molecular complexity index is 934. The van der Waals surface area contributed by atoms with Crippen LogP contribution in [0.3, 0.4) is 0 Å². The molecule has 1 aromatic heterocycles. The average molecular weight is 403 g/mol. The topological polar surface area (TPSA) is 39.7 Å². The Balaban J connectivity index is 1.09. The van der Waals surface area contributed by atoms with Gasteiger partial charge in [-0.15, -0.1) is 0 Å². The maximum atomic E-state index is 13.0. The number of hydrogen-bond donors (Lipinski definition) is 0. The minimum atomic E-state index is 0.0557. The number of benzene rings is 1. The van der Waals surface area contributed by atoms with Crippen LogP contribution in [0.1, 0.15) is 41.6 Å². The van der Waals surface area contributed by atoms with Crippen molar-refractivity contribution < 1.29 is 4.79 Å². The summed E-state index contributed by atoms with van der Waals surface area (Å²) in [6.45, 7) is 5.11. The Morgan fingerprint density at radius 3 is 2.53 bits per heavy atom. The highest BCUT2D eigenvalue weighted by atomic mass is 16.2. The number of carbonyl (C=O) groups is 1. The van der Waals surface area contributed by atoms with E-state index in [0.717, 1.165) is 68.5 Å². The predicted molar refractivity (Wildman–Crippen MR) is 119 cm³/mol. The molecule has 3 unspecified atom stereocenters. The molecule has 156 valence electrons. The largest absolute Gasteiger partial charge is 0.354 e. The molecule has 2 saturated carbocycles. The van der Waals surface area contributed by atoms with Gasteiger partial charge in [-0.25, -0.2) is 4.98 Å². The number of piperazine rings is 1. The average Bonchev–Trinajstić information content (AvgIpc) is 3.54. The van der Waals surface area contributed by atoms with Crippen LogP contribution in [0.4, 0.5) is 11.5 Å². The van der Waals surface area contributed by atoms with E-state index in [1.54, 1.807) is 6.20 Å². The first-order valence-electron chi connectivity index (χ1n) is 11.6. The molecule has 0 N–H and O–H groups in total. The fourth-order valence-electron chi connectivity index (χ4n) is 6.35. The number of para-hydroxylation sites is 1. The Labute approximate surface area is 178 Å². The minimum absolute atomic E-state index is 0.0557. The molecule has 2 aliphatic heterocycles. The normalized spacial score (nSPS) is 28.2. The lowest BCUT2D eigenvalue weighted by Crippen LogP contribution is -2.52. The lowest BCUT2D eigenvalue weighted by atomic mass is 9.93. The van der Waals surface area contributed by atoms with E-state index in [9.17, 15) is 4.79 Å². The molecule has 5 heteroatoms. The van der Waals surface area contributed by atoms with Crippen molar-refractivity contribution in [2.24, 2.45) is 11.8 Å². The predicted octanol–water partition coefficient (Wildman–Crippen LogP) is 3.60. The van der Waals surface area contributed by atoms with E-state index < -0.39 is 0 Å². The van der Waals surface area contributed by atoms with Crippen molar-refractivity contribution >= 4 is 17.4 Å². The monoisotopic (exact) mass is 402 g/mol. The van der Waals surface area contributed by atoms with Crippen LogP contribution in [0.5, 0.6) is 0 Å². The van der Waals surface area contributed by atoms with Gasteiger partial charge in [0, 0.05) is 50.6 Å². The van der Waals surface area contributed by atoms with Gasteiger partial charge >= 0.3 is 0 Å². The van der Waals surface area contributed by atoms with Crippen LogP contribution in [0.2, 0.25) is 0 Å². The van der Waals surface area contributed by atoms with E-state index >= 15 is 0 Å². The quantitative estimate of drug-likeness (QED) is 0.787. The summed E-state index contributed by atoms with van der Waals surface area (Å²) in [4.78, 5) is 24.7. The van der Waals surface area contributed by atoms with Gasteiger partial charge in [0.1, 0.15) is 5.82 Å². The summed E-state index contributed by atoms with van der Waals surface area (Å²) in [6.07, 6.45) is 8.52. The zero-order valence-electron chi connectivity index (χ0n) is 17.5. The van der Waals surface area contributed by atoms with Gasteiger partial charge in [-0.3, -0.25) is 9.69 Å². The van der Waals surface area contributed by atoms with E-state index in [4.69, 9.17) is 0 Å². The van der Waals surface area contributed by atoms with Crippen LogP contribution in [-0.2, 0) is 6.42 Å². The molecule has 6 rings (SSSR count). The Morgan fingerprint density at radius 1 is 0.933 bits per heavy atom. The number of amides is 1. The molecule has 1 amide bonds. The van der Waals surface area contributed by atoms with Crippen LogP contribution in [0, 0.1) is 11.8 Å². The third kappa shape index (κ3) is 3.11. The van der Waals surface area contributed by atoms with Gasteiger partial charge < -0.3 is 9.80 Å². The number of carbonyl (C=O) groups excluding carboxylic acids is 1. The van der Waals surface area contributed by atoms with Crippen LogP contribution < -0.4 is 9.80 Å². The van der Waals surface area contributed by atoms with Gasteiger partial charge in [0.25, 0.3) is 5.91 Å². The second-order valence-electron chi connectivity index (χ2n) is 9.51. The summed E-state index contributed by atoms with van der Waals surface area (Å²) < 4.78 is 0. The smallest absolute Gasteiger partial charge is 0.259 e. The van der Waals surface area contributed by atoms with Crippen molar-refractivity contribution in [3.8, 4) is 0 Å².